The zero-order valence-corrected chi connectivity index (χ0v) is 14.6. The van der Waals surface area contributed by atoms with Crippen molar-refractivity contribution < 1.29 is 9.53 Å². The van der Waals surface area contributed by atoms with Crippen molar-refractivity contribution in [2.75, 3.05) is 11.9 Å². The summed E-state index contributed by atoms with van der Waals surface area (Å²) in [4.78, 5) is 12.7. The number of carbonyl (C=O) groups excluding carboxylic acids is 1. The SMILES string of the molecule is Cc1ccc(C(C)(C)C(=O)Nc2cnn(CC3CCCO3)c2)cc1. The van der Waals surface area contributed by atoms with E-state index >= 15 is 0 Å². The number of hydrogen-bond acceptors (Lipinski definition) is 3. The maximum absolute atomic E-state index is 12.7. The van der Waals surface area contributed by atoms with Gasteiger partial charge in [-0.3, -0.25) is 9.48 Å². The second-order valence-electron chi connectivity index (χ2n) is 7.03. The first-order chi connectivity index (χ1) is 11.4. The highest BCUT2D eigenvalue weighted by Crippen LogP contribution is 2.25. The molecule has 1 saturated heterocycles. The number of carbonyl (C=O) groups is 1. The second kappa shape index (κ2) is 6.77. The highest BCUT2D eigenvalue weighted by molar-refractivity contribution is 5.98. The van der Waals surface area contributed by atoms with Crippen molar-refractivity contribution in [3.8, 4) is 0 Å². The minimum Gasteiger partial charge on any atom is -0.376 e. The van der Waals surface area contributed by atoms with Crippen molar-refractivity contribution in [1.29, 1.82) is 0 Å². The molecule has 5 heteroatoms. The largest absolute Gasteiger partial charge is 0.376 e. The molecule has 3 rings (SSSR count). The van der Waals surface area contributed by atoms with E-state index in [9.17, 15) is 4.79 Å². The van der Waals surface area contributed by atoms with Gasteiger partial charge in [0, 0.05) is 12.8 Å². The van der Waals surface area contributed by atoms with Crippen molar-refractivity contribution >= 4 is 11.6 Å². The first-order valence-corrected chi connectivity index (χ1v) is 8.48. The number of benzene rings is 1. The lowest BCUT2D eigenvalue weighted by molar-refractivity contribution is -0.120. The summed E-state index contributed by atoms with van der Waals surface area (Å²) in [5, 5.41) is 7.30. The summed E-state index contributed by atoms with van der Waals surface area (Å²) < 4.78 is 7.46. The molecule has 1 unspecified atom stereocenters. The topological polar surface area (TPSA) is 56.2 Å². The van der Waals surface area contributed by atoms with E-state index in [1.165, 1.54) is 5.56 Å². The average molecular weight is 327 g/mol. The molecule has 5 nitrogen and oxygen atoms in total. The Morgan fingerprint density at radius 1 is 1.38 bits per heavy atom. The van der Waals surface area contributed by atoms with Crippen LogP contribution in [0.2, 0.25) is 0 Å². The van der Waals surface area contributed by atoms with Crippen LogP contribution in [0, 0.1) is 6.92 Å². The van der Waals surface area contributed by atoms with Crippen LogP contribution in [0.15, 0.2) is 36.7 Å². The molecule has 1 aliphatic heterocycles. The molecule has 0 saturated carbocycles. The van der Waals surface area contributed by atoms with Crippen molar-refractivity contribution in [1.82, 2.24) is 9.78 Å². The van der Waals surface area contributed by atoms with Gasteiger partial charge in [-0.15, -0.1) is 0 Å². The molecule has 0 spiro atoms. The molecule has 0 aliphatic carbocycles. The Labute approximate surface area is 143 Å². The molecular formula is C19H25N3O2. The molecule has 2 heterocycles. The molecule has 1 aliphatic rings. The van der Waals surface area contributed by atoms with Crippen LogP contribution < -0.4 is 5.32 Å². The highest BCUT2D eigenvalue weighted by Gasteiger charge is 2.30. The summed E-state index contributed by atoms with van der Waals surface area (Å²) in [5.41, 5.74) is 2.30. The van der Waals surface area contributed by atoms with Crippen molar-refractivity contribution in [2.24, 2.45) is 0 Å². The van der Waals surface area contributed by atoms with Gasteiger partial charge in [0.2, 0.25) is 5.91 Å². The number of nitrogens with zero attached hydrogens (tertiary/aromatic N) is 2. The number of anilines is 1. The standard InChI is InChI=1S/C19H25N3O2/c1-14-6-8-15(9-7-14)19(2,3)18(23)21-16-11-20-22(12-16)13-17-5-4-10-24-17/h6-9,11-12,17H,4-5,10,13H2,1-3H3,(H,21,23). The van der Waals surface area contributed by atoms with Crippen LogP contribution in [0.1, 0.15) is 37.8 Å². The normalized spacial score (nSPS) is 17.9. The van der Waals surface area contributed by atoms with Gasteiger partial charge in [0.25, 0.3) is 0 Å². The van der Waals surface area contributed by atoms with Gasteiger partial charge in [0.05, 0.1) is 29.9 Å². The third kappa shape index (κ3) is 3.67. The third-order valence-electron chi connectivity index (χ3n) is 4.65. The van der Waals surface area contributed by atoms with E-state index in [2.05, 4.69) is 10.4 Å². The number of amides is 1. The van der Waals surface area contributed by atoms with Crippen LogP contribution in [0.25, 0.3) is 0 Å². The van der Waals surface area contributed by atoms with E-state index < -0.39 is 5.41 Å². The smallest absolute Gasteiger partial charge is 0.234 e. The number of aromatic nitrogens is 2. The van der Waals surface area contributed by atoms with Gasteiger partial charge in [0.15, 0.2) is 0 Å². The van der Waals surface area contributed by atoms with E-state index in [4.69, 9.17) is 4.74 Å². The summed E-state index contributed by atoms with van der Waals surface area (Å²) >= 11 is 0. The lowest BCUT2D eigenvalue weighted by Gasteiger charge is -2.24. The van der Waals surface area contributed by atoms with Crippen LogP contribution in [0.4, 0.5) is 5.69 Å². The number of nitrogens with one attached hydrogen (secondary N) is 1. The highest BCUT2D eigenvalue weighted by atomic mass is 16.5. The van der Waals surface area contributed by atoms with Gasteiger partial charge in [0.1, 0.15) is 0 Å². The summed E-state index contributed by atoms with van der Waals surface area (Å²) in [5.74, 6) is -0.0389. The molecule has 1 aromatic heterocycles. The van der Waals surface area contributed by atoms with Crippen molar-refractivity contribution in [3.63, 3.8) is 0 Å². The van der Waals surface area contributed by atoms with Gasteiger partial charge in [-0.2, -0.15) is 5.10 Å². The van der Waals surface area contributed by atoms with Gasteiger partial charge in [-0.05, 0) is 39.2 Å². The Bertz CT molecular complexity index is 698. The fraction of sp³-hybridized carbons (Fsp3) is 0.474. The van der Waals surface area contributed by atoms with E-state index in [0.717, 1.165) is 37.2 Å². The van der Waals surface area contributed by atoms with Crippen LogP contribution in [0.5, 0.6) is 0 Å². The maximum Gasteiger partial charge on any atom is 0.234 e. The molecule has 128 valence electrons. The molecular weight excluding hydrogens is 302 g/mol. The maximum atomic E-state index is 12.7. The van der Waals surface area contributed by atoms with E-state index in [1.54, 1.807) is 6.20 Å². The predicted octanol–water partition coefficient (Wildman–Crippen LogP) is 3.29. The summed E-state index contributed by atoms with van der Waals surface area (Å²) in [6.07, 6.45) is 5.97. The number of rotatable bonds is 5. The van der Waals surface area contributed by atoms with Gasteiger partial charge in [-0.25, -0.2) is 0 Å². The Balaban J connectivity index is 1.65. The lowest BCUT2D eigenvalue weighted by atomic mass is 9.83. The van der Waals surface area contributed by atoms with Crippen molar-refractivity contribution in [3.05, 3.63) is 47.8 Å². The van der Waals surface area contributed by atoms with Gasteiger partial charge in [-0.1, -0.05) is 29.8 Å². The monoisotopic (exact) mass is 327 g/mol. The molecule has 1 atom stereocenters. The molecule has 24 heavy (non-hydrogen) atoms. The molecule has 0 bridgehead atoms. The Morgan fingerprint density at radius 2 is 2.12 bits per heavy atom. The minimum absolute atomic E-state index is 0.0389. The number of aryl methyl sites for hydroxylation is 1. The molecule has 0 radical (unpaired) electrons. The van der Waals surface area contributed by atoms with Gasteiger partial charge >= 0.3 is 0 Å². The molecule has 2 aromatic rings. The van der Waals surface area contributed by atoms with E-state index in [0.29, 0.717) is 0 Å². The van der Waals surface area contributed by atoms with E-state index in [1.807, 2.05) is 55.9 Å². The minimum atomic E-state index is -0.607. The summed E-state index contributed by atoms with van der Waals surface area (Å²) in [6, 6.07) is 8.08. The zero-order chi connectivity index (χ0) is 17.2. The summed E-state index contributed by atoms with van der Waals surface area (Å²) in [6.45, 7) is 7.48. The fourth-order valence-corrected chi connectivity index (χ4v) is 2.91. The Kier molecular flexibility index (Phi) is 4.71. The Morgan fingerprint density at radius 3 is 2.79 bits per heavy atom. The van der Waals surface area contributed by atoms with Crippen LogP contribution in [-0.2, 0) is 21.5 Å². The lowest BCUT2D eigenvalue weighted by Crippen LogP contribution is -2.34. The first kappa shape index (κ1) is 16.7. The van der Waals surface area contributed by atoms with Crippen molar-refractivity contribution in [2.45, 2.75) is 51.7 Å². The number of ether oxygens (including phenoxy) is 1. The number of hydrogen-bond donors (Lipinski definition) is 1. The van der Waals surface area contributed by atoms with E-state index in [-0.39, 0.29) is 12.0 Å². The quantitative estimate of drug-likeness (QED) is 0.917. The third-order valence-corrected chi connectivity index (χ3v) is 4.65. The van der Waals surface area contributed by atoms with Crippen LogP contribution in [0.3, 0.4) is 0 Å². The average Bonchev–Trinajstić information content (AvgIpc) is 3.20. The van der Waals surface area contributed by atoms with Crippen LogP contribution >= 0.6 is 0 Å². The molecule has 1 amide bonds. The molecule has 1 aromatic carbocycles. The predicted molar refractivity (Wildman–Crippen MR) is 94.0 cm³/mol. The molecule has 1 fully saturated rings. The fourth-order valence-electron chi connectivity index (χ4n) is 2.91. The zero-order valence-electron chi connectivity index (χ0n) is 14.6. The van der Waals surface area contributed by atoms with Crippen LogP contribution in [-0.4, -0.2) is 28.4 Å². The Hall–Kier alpha value is -2.14. The van der Waals surface area contributed by atoms with Gasteiger partial charge < -0.3 is 10.1 Å². The second-order valence-corrected chi connectivity index (χ2v) is 7.03. The summed E-state index contributed by atoms with van der Waals surface area (Å²) in [7, 11) is 0. The first-order valence-electron chi connectivity index (χ1n) is 8.48. The molecule has 1 N–H and O–H groups in total.